The second-order valence-corrected chi connectivity index (χ2v) is 4.88. The molecular formula is C12H13Cl3O2. The summed E-state index contributed by atoms with van der Waals surface area (Å²) in [6, 6.07) is 2.98. The van der Waals surface area contributed by atoms with Crippen LogP contribution < -0.4 is 4.74 Å². The molecule has 1 aromatic rings. The number of ether oxygens (including phenoxy) is 1. The summed E-state index contributed by atoms with van der Waals surface area (Å²) in [5.74, 6) is -0.149. The van der Waals surface area contributed by atoms with E-state index in [2.05, 4.69) is 6.92 Å². The van der Waals surface area contributed by atoms with Crippen molar-refractivity contribution in [2.75, 3.05) is 0 Å². The smallest absolute Gasteiger partial charge is 0.311 e. The number of halogens is 3. The van der Waals surface area contributed by atoms with Gasteiger partial charge in [-0.1, -0.05) is 54.6 Å². The summed E-state index contributed by atoms with van der Waals surface area (Å²) in [6.07, 6.45) is 3.22. The molecular weight excluding hydrogens is 282 g/mol. The first-order valence-corrected chi connectivity index (χ1v) is 6.53. The Hall–Kier alpha value is -0.440. The van der Waals surface area contributed by atoms with Crippen LogP contribution in [0.15, 0.2) is 12.1 Å². The minimum atomic E-state index is -0.329. The Morgan fingerprint density at radius 3 is 2.29 bits per heavy atom. The standard InChI is InChI=1S/C12H13Cl3O2/c1-2-3-4-5-11(16)17-12-9(14)6-8(13)7-10(12)15/h6-7H,2-5H2,1H3. The van der Waals surface area contributed by atoms with E-state index in [0.717, 1.165) is 19.3 Å². The third-order valence-corrected chi connectivity index (χ3v) is 2.94. The van der Waals surface area contributed by atoms with Gasteiger partial charge in [0.05, 0.1) is 10.0 Å². The van der Waals surface area contributed by atoms with Crippen LogP contribution in [0.5, 0.6) is 5.75 Å². The number of unbranched alkanes of at least 4 members (excludes halogenated alkanes) is 2. The van der Waals surface area contributed by atoms with Gasteiger partial charge in [0.15, 0.2) is 5.75 Å². The van der Waals surface area contributed by atoms with Gasteiger partial charge in [0, 0.05) is 11.4 Å². The Labute approximate surface area is 116 Å². The predicted molar refractivity (Wildman–Crippen MR) is 71.2 cm³/mol. The minimum Gasteiger partial charge on any atom is -0.423 e. The average Bonchev–Trinajstić information content (AvgIpc) is 2.24. The maximum absolute atomic E-state index is 11.5. The lowest BCUT2D eigenvalue weighted by molar-refractivity contribution is -0.134. The van der Waals surface area contributed by atoms with Crippen molar-refractivity contribution in [1.29, 1.82) is 0 Å². The van der Waals surface area contributed by atoms with Gasteiger partial charge in [-0.05, 0) is 18.6 Å². The van der Waals surface area contributed by atoms with Crippen LogP contribution in [0.1, 0.15) is 32.6 Å². The highest BCUT2D eigenvalue weighted by atomic mass is 35.5. The van der Waals surface area contributed by atoms with Crippen LogP contribution >= 0.6 is 34.8 Å². The zero-order valence-electron chi connectivity index (χ0n) is 9.43. The van der Waals surface area contributed by atoms with Crippen LogP contribution in [0.4, 0.5) is 0 Å². The number of carbonyl (C=O) groups is 1. The molecule has 0 saturated heterocycles. The summed E-state index contributed by atoms with van der Waals surface area (Å²) in [5.41, 5.74) is 0. The summed E-state index contributed by atoms with van der Waals surface area (Å²) < 4.78 is 5.12. The van der Waals surface area contributed by atoms with Crippen molar-refractivity contribution in [3.8, 4) is 5.75 Å². The van der Waals surface area contributed by atoms with Gasteiger partial charge in [0.2, 0.25) is 0 Å². The summed E-state index contributed by atoms with van der Waals surface area (Å²) in [7, 11) is 0. The Bertz CT molecular complexity index is 382. The summed E-state index contributed by atoms with van der Waals surface area (Å²) in [6.45, 7) is 2.07. The molecule has 0 aliphatic rings. The lowest BCUT2D eigenvalue weighted by Gasteiger charge is -2.08. The molecule has 0 aliphatic heterocycles. The van der Waals surface area contributed by atoms with Crippen molar-refractivity contribution in [2.24, 2.45) is 0 Å². The van der Waals surface area contributed by atoms with Gasteiger partial charge < -0.3 is 4.74 Å². The molecule has 0 aliphatic carbocycles. The van der Waals surface area contributed by atoms with E-state index in [9.17, 15) is 4.79 Å². The molecule has 0 radical (unpaired) electrons. The maximum atomic E-state index is 11.5. The van der Waals surface area contributed by atoms with Crippen molar-refractivity contribution in [2.45, 2.75) is 32.6 Å². The molecule has 0 spiro atoms. The zero-order chi connectivity index (χ0) is 12.8. The molecule has 2 nitrogen and oxygen atoms in total. The highest BCUT2D eigenvalue weighted by molar-refractivity contribution is 6.40. The first kappa shape index (κ1) is 14.6. The normalized spacial score (nSPS) is 10.4. The molecule has 94 valence electrons. The van der Waals surface area contributed by atoms with E-state index in [1.807, 2.05) is 0 Å². The van der Waals surface area contributed by atoms with Crippen molar-refractivity contribution < 1.29 is 9.53 Å². The number of carbonyl (C=O) groups excluding carboxylic acids is 1. The molecule has 17 heavy (non-hydrogen) atoms. The minimum absolute atomic E-state index is 0.180. The van der Waals surface area contributed by atoms with Crippen LogP contribution in [-0.4, -0.2) is 5.97 Å². The van der Waals surface area contributed by atoms with Crippen molar-refractivity contribution in [1.82, 2.24) is 0 Å². The molecule has 1 aromatic carbocycles. The zero-order valence-corrected chi connectivity index (χ0v) is 11.7. The Morgan fingerprint density at radius 2 is 1.76 bits per heavy atom. The first-order chi connectivity index (χ1) is 8.04. The second kappa shape index (κ2) is 7.10. The van der Waals surface area contributed by atoms with Crippen LogP contribution in [0.3, 0.4) is 0 Å². The van der Waals surface area contributed by atoms with E-state index in [-0.39, 0.29) is 21.8 Å². The lowest BCUT2D eigenvalue weighted by atomic mass is 10.2. The fourth-order valence-electron chi connectivity index (χ4n) is 1.31. The Kier molecular flexibility index (Phi) is 6.10. The van der Waals surface area contributed by atoms with Crippen molar-refractivity contribution in [3.63, 3.8) is 0 Å². The van der Waals surface area contributed by atoms with Crippen LogP contribution in [0, 0.1) is 0 Å². The Morgan fingerprint density at radius 1 is 1.18 bits per heavy atom. The quantitative estimate of drug-likeness (QED) is 0.427. The fraction of sp³-hybridized carbons (Fsp3) is 0.417. The summed E-state index contributed by atoms with van der Waals surface area (Å²) >= 11 is 17.5. The molecule has 0 bridgehead atoms. The van der Waals surface area contributed by atoms with E-state index in [1.54, 1.807) is 0 Å². The first-order valence-electron chi connectivity index (χ1n) is 5.39. The van der Waals surface area contributed by atoms with Crippen molar-refractivity contribution in [3.05, 3.63) is 27.2 Å². The second-order valence-electron chi connectivity index (χ2n) is 3.63. The van der Waals surface area contributed by atoms with E-state index in [4.69, 9.17) is 39.5 Å². The number of rotatable bonds is 5. The number of hydrogen-bond acceptors (Lipinski definition) is 2. The molecule has 0 N–H and O–H groups in total. The predicted octanol–water partition coefficient (Wildman–Crippen LogP) is 5.13. The van der Waals surface area contributed by atoms with Crippen LogP contribution in [0.2, 0.25) is 15.1 Å². The van der Waals surface area contributed by atoms with Gasteiger partial charge in [0.25, 0.3) is 0 Å². The summed E-state index contributed by atoms with van der Waals surface area (Å²) in [4.78, 5) is 11.5. The van der Waals surface area contributed by atoms with E-state index < -0.39 is 0 Å². The molecule has 0 saturated carbocycles. The Balaban J connectivity index is 2.65. The van der Waals surface area contributed by atoms with Gasteiger partial charge >= 0.3 is 5.97 Å². The molecule has 0 atom stereocenters. The molecule has 0 unspecified atom stereocenters. The average molecular weight is 296 g/mol. The largest absolute Gasteiger partial charge is 0.423 e. The maximum Gasteiger partial charge on any atom is 0.311 e. The van der Waals surface area contributed by atoms with Gasteiger partial charge in [0.1, 0.15) is 0 Å². The van der Waals surface area contributed by atoms with Gasteiger partial charge in [-0.25, -0.2) is 0 Å². The highest BCUT2D eigenvalue weighted by Crippen LogP contribution is 2.36. The molecule has 0 fully saturated rings. The van der Waals surface area contributed by atoms with Crippen molar-refractivity contribution >= 4 is 40.8 Å². The monoisotopic (exact) mass is 294 g/mol. The lowest BCUT2D eigenvalue weighted by Crippen LogP contribution is -2.08. The third kappa shape index (κ3) is 4.74. The molecule has 0 heterocycles. The molecule has 0 amide bonds. The van der Waals surface area contributed by atoms with Gasteiger partial charge in [-0.15, -0.1) is 0 Å². The number of hydrogen-bond donors (Lipinski definition) is 0. The van der Waals surface area contributed by atoms with E-state index in [0.29, 0.717) is 11.4 Å². The molecule has 5 heteroatoms. The number of benzene rings is 1. The topological polar surface area (TPSA) is 26.3 Å². The van der Waals surface area contributed by atoms with Gasteiger partial charge in [-0.3, -0.25) is 4.79 Å². The molecule has 0 aromatic heterocycles. The highest BCUT2D eigenvalue weighted by Gasteiger charge is 2.13. The van der Waals surface area contributed by atoms with E-state index >= 15 is 0 Å². The fourth-order valence-corrected chi connectivity index (χ4v) is 2.20. The third-order valence-electron chi connectivity index (χ3n) is 2.16. The van der Waals surface area contributed by atoms with E-state index in [1.165, 1.54) is 12.1 Å². The molecule has 1 rings (SSSR count). The summed E-state index contributed by atoms with van der Waals surface area (Å²) in [5, 5.41) is 0.892. The number of esters is 1. The van der Waals surface area contributed by atoms with Gasteiger partial charge in [-0.2, -0.15) is 0 Å². The van der Waals surface area contributed by atoms with Crippen LogP contribution in [0.25, 0.3) is 0 Å². The SMILES string of the molecule is CCCCCC(=O)Oc1c(Cl)cc(Cl)cc1Cl. The van der Waals surface area contributed by atoms with Crippen LogP contribution in [-0.2, 0) is 4.79 Å².